The summed E-state index contributed by atoms with van der Waals surface area (Å²) in [5, 5.41) is 80.0. The van der Waals surface area contributed by atoms with E-state index in [1.807, 2.05) is 0 Å². The molecule has 3 aromatic heterocycles. The Balaban J connectivity index is 1.34. The van der Waals surface area contributed by atoms with Crippen LogP contribution in [-0.2, 0) is 118 Å². The number of primary amides is 1. The number of phenolic OH excluding ortho intramolecular Hbond substituents is 1. The maximum atomic E-state index is 15.6. The number of aliphatic hydroxyl groups is 1. The molecule has 1 aliphatic rings. The number of amides is 16. The summed E-state index contributed by atoms with van der Waals surface area (Å²) in [5.41, 5.74) is 8.20. The number of carboxylic acids is 2. The van der Waals surface area contributed by atoms with E-state index < -0.39 is 246 Å². The van der Waals surface area contributed by atoms with Crippen LogP contribution in [0.3, 0.4) is 0 Å². The van der Waals surface area contributed by atoms with Gasteiger partial charge in [0, 0.05) is 97.8 Å². The summed E-state index contributed by atoms with van der Waals surface area (Å²) in [6.07, 6.45) is -0.319. The normalized spacial score (nSPS) is 21.4. The fourth-order valence-electron chi connectivity index (χ4n) is 13.6. The molecule has 0 aliphatic carbocycles. The van der Waals surface area contributed by atoms with Crippen molar-refractivity contribution in [1.29, 1.82) is 0 Å². The first-order valence-corrected chi connectivity index (χ1v) is 44.5. The van der Waals surface area contributed by atoms with Crippen LogP contribution in [0.25, 0.3) is 10.9 Å². The van der Waals surface area contributed by atoms with Gasteiger partial charge < -0.3 is 116 Å². The maximum absolute atomic E-state index is 15.6. The Labute approximate surface area is 756 Å². The second-order valence-electron chi connectivity index (χ2n) is 32.5. The minimum atomic E-state index is -2.02. The lowest BCUT2D eigenvalue weighted by molar-refractivity contribution is -0.141. The van der Waals surface area contributed by atoms with E-state index >= 15 is 14.4 Å². The number of imidazole rings is 1. The van der Waals surface area contributed by atoms with Gasteiger partial charge in [0.05, 0.1) is 25.4 Å². The number of nitrogens with zero attached hydrogens (tertiary/aromatic N) is 2. The molecule has 0 saturated carbocycles. The third-order valence-corrected chi connectivity index (χ3v) is 22.8. The van der Waals surface area contributed by atoms with Crippen LogP contribution < -0.4 is 85.5 Å². The van der Waals surface area contributed by atoms with Gasteiger partial charge in [-0.05, 0) is 97.9 Å². The van der Waals surface area contributed by atoms with Crippen molar-refractivity contribution in [2.45, 2.75) is 217 Å². The Morgan fingerprint density at radius 3 is 1.73 bits per heavy atom. The number of H-pyrrole nitrogens is 2. The topological polar surface area (TPSA) is 652 Å². The zero-order valence-electron chi connectivity index (χ0n) is 73.1. The number of carboxylic acid groups (broad SMARTS) is 2. The van der Waals surface area contributed by atoms with Crippen LogP contribution in [0, 0.1) is 17.8 Å². The number of nitrogens with one attached hydrogen (secondary N) is 17. The highest BCUT2D eigenvalue weighted by Crippen LogP contribution is 2.26. The molecule has 16 amide bonds. The molecule has 0 unspecified atom stereocenters. The first kappa shape index (κ1) is 104. The van der Waals surface area contributed by atoms with Gasteiger partial charge in [-0.15, -0.1) is 0 Å². The molecule has 130 heavy (non-hydrogen) atoms. The first-order valence-electron chi connectivity index (χ1n) is 42.0. The minimum Gasteiger partial charge on any atom is -0.508 e. The van der Waals surface area contributed by atoms with E-state index in [1.165, 1.54) is 63.8 Å². The predicted molar refractivity (Wildman–Crippen MR) is 474 cm³/mol. The predicted octanol–water partition coefficient (Wildman–Crippen LogP) is -2.20. The van der Waals surface area contributed by atoms with E-state index in [1.54, 1.807) is 107 Å². The number of benzene rings is 3. The summed E-state index contributed by atoms with van der Waals surface area (Å²) in [4.78, 5) is 271. The lowest BCUT2D eigenvalue weighted by Gasteiger charge is -2.30. The zero-order valence-corrected chi connectivity index (χ0v) is 74.7. The molecule has 0 spiro atoms. The largest absolute Gasteiger partial charge is 0.508 e. The summed E-state index contributed by atoms with van der Waals surface area (Å²) in [6.45, 7) is 12.3. The molecule has 23 N–H and O–H groups in total. The molecule has 1 fully saturated rings. The molecule has 42 nitrogen and oxygen atoms in total. The second kappa shape index (κ2) is 50.9. The van der Waals surface area contributed by atoms with Crippen molar-refractivity contribution in [3.05, 3.63) is 150 Å². The molecule has 0 radical (unpaired) electrons. The Kier molecular flexibility index (Phi) is 40.5. The molecule has 0 bridgehead atoms. The second-order valence-corrected chi connectivity index (χ2v) is 35.1. The third kappa shape index (κ3) is 33.9. The summed E-state index contributed by atoms with van der Waals surface area (Å²) in [5.74, 6) is -23.0. The van der Waals surface area contributed by atoms with Crippen LogP contribution in [-0.4, -0.2) is 256 Å². The molecule has 1 saturated heterocycles. The van der Waals surface area contributed by atoms with Crippen LogP contribution in [0.4, 0.5) is 0 Å². The summed E-state index contributed by atoms with van der Waals surface area (Å²) >= 11 is 0. The number of aromatic nitrogens is 4. The van der Waals surface area contributed by atoms with Crippen molar-refractivity contribution in [2.24, 2.45) is 23.5 Å². The SMILES string of the molecule is CC(=O)N[C@@H](CC(=O)O)C(=O)N[C@H]1CSSC[C@@H](C(=O)N[C@H](C(=O)N[C@@H](Cc2ccccc2)C(=O)N[C@H](Cc2ccccn2)C(N)=O)[C@@H](C)O)NC(=O)[C@H](Cc2c[nH]c3ccccc23)NC(=O)[C@H](C(C)C)NC(=O)[C@H](CC(C)C)NC(=O)[C@H](CCC(=O)O)NC(=O)CNC(=O)[C@H](CC(C)C)NC(=O)[C@H](Cc2cnc[nH]2)NC(=O)[C@H](Cc2ccc(O)cc2)NC(=O)[C@H](C)NC1=O. The molecular weight excluding hydrogens is 1730 g/mol. The molecule has 1 aliphatic heterocycles. The van der Waals surface area contributed by atoms with E-state index in [9.17, 15) is 92.3 Å². The molecule has 15 atom stereocenters. The summed E-state index contributed by atoms with van der Waals surface area (Å²) < 4.78 is 0. The summed E-state index contributed by atoms with van der Waals surface area (Å²) in [7, 11) is 1.41. The number of fused-ring (bicyclic) bond motifs is 1. The van der Waals surface area contributed by atoms with Crippen molar-refractivity contribution in [2.75, 3.05) is 18.1 Å². The lowest BCUT2D eigenvalue weighted by atomic mass is 9.98. The van der Waals surface area contributed by atoms with E-state index in [0.717, 1.165) is 13.8 Å². The van der Waals surface area contributed by atoms with E-state index in [0.29, 0.717) is 54.9 Å². The van der Waals surface area contributed by atoms with Crippen LogP contribution in [0.15, 0.2) is 122 Å². The third-order valence-electron chi connectivity index (χ3n) is 20.4. The van der Waals surface area contributed by atoms with Crippen LogP contribution in [0.5, 0.6) is 5.75 Å². The number of aliphatic hydroxyl groups excluding tert-OH is 1. The summed E-state index contributed by atoms with van der Waals surface area (Å²) in [6, 6.07) is 1.70. The number of para-hydroxylation sites is 1. The number of aliphatic carboxylic acids is 2. The number of aromatic amines is 2. The van der Waals surface area contributed by atoms with Crippen molar-refractivity contribution < 1.29 is 107 Å². The van der Waals surface area contributed by atoms with Gasteiger partial charge in [0.25, 0.3) is 0 Å². The number of carbonyl (C=O) groups is 18. The first-order chi connectivity index (χ1) is 61.6. The van der Waals surface area contributed by atoms with E-state index in [-0.39, 0.29) is 62.3 Å². The monoisotopic (exact) mass is 1840 g/mol. The van der Waals surface area contributed by atoms with Gasteiger partial charge in [-0.2, -0.15) is 0 Å². The fraction of sp³-hybridized carbons (Fsp3) is 0.465. The molecule has 7 rings (SSSR count). The Hall–Kier alpha value is -13.5. The highest BCUT2D eigenvalue weighted by molar-refractivity contribution is 8.76. The number of pyridine rings is 1. The van der Waals surface area contributed by atoms with E-state index in [4.69, 9.17) is 5.73 Å². The van der Waals surface area contributed by atoms with Crippen molar-refractivity contribution in [1.82, 2.24) is 99.7 Å². The van der Waals surface area contributed by atoms with Gasteiger partial charge in [0.1, 0.15) is 90.3 Å². The van der Waals surface area contributed by atoms with Crippen molar-refractivity contribution >= 4 is 139 Å². The smallest absolute Gasteiger partial charge is 0.305 e. The number of carbonyl (C=O) groups excluding carboxylic acids is 16. The standard InChI is InChI=1S/C86H114N20O22S2/c1-43(2)29-59-75(117)91-39-68(110)95-57(26-27-69(111)112)76(118)99-60(30-44(3)4)82(124)105-71(45(5)6)85(127)102-63(33-51-37-90-56-21-14-13-20-55(51)56)79(121)104-67(84(126)106-72(47(8)107)86(128)101-62(31-49-17-11-10-12-18-49)77(119)96-58(73(87)115)34-52-19-15-16-28-89-52)41-130-129-40-66(103-81(123)65(36-70(113)114)94-48(9)108)83(125)93-46(7)74(116)97-61(32-50-22-24-54(109)25-23-50)78(120)100-64(80(122)98-59)35-53-38-88-42-92-53/h10-25,28,37-38,42-47,57-67,71-72,90,107,109H,26-27,29-36,39-41H2,1-9H3,(H2,87,115)(H,88,92)(H,91,117)(H,93,125)(H,94,108)(H,95,110)(H,96,119)(H,97,116)(H,98,122)(H,99,118)(H,100,120)(H,101,128)(H,102,127)(H,103,123)(H,104,121)(H,105,124)(H,106,126)(H,111,112)(H,113,114)/t46-,47+,57-,58+,59-,60-,61-,62-,63-,64-,65-,66-,67-,71-,72-/m0/s1. The maximum Gasteiger partial charge on any atom is 0.305 e. The average molecular weight is 1840 g/mol. The van der Waals surface area contributed by atoms with Gasteiger partial charge >= 0.3 is 11.9 Å². The lowest BCUT2D eigenvalue weighted by Crippen LogP contribution is -2.63. The number of hydrogen-bond donors (Lipinski definition) is 22. The Bertz CT molecular complexity index is 4930. The van der Waals surface area contributed by atoms with Crippen LogP contribution >= 0.6 is 21.6 Å². The average Bonchev–Trinajstić information content (AvgIpc) is 1.62. The molecular formula is C86H114N20O22S2. The molecule has 6 aromatic rings. The van der Waals surface area contributed by atoms with Crippen LogP contribution in [0.1, 0.15) is 122 Å². The number of phenols is 1. The van der Waals surface area contributed by atoms with Crippen molar-refractivity contribution in [3.63, 3.8) is 0 Å². The van der Waals surface area contributed by atoms with Gasteiger partial charge in [-0.1, -0.05) is 130 Å². The zero-order chi connectivity index (χ0) is 95.6. The Morgan fingerprint density at radius 1 is 0.538 bits per heavy atom. The minimum absolute atomic E-state index is 0.0903. The van der Waals surface area contributed by atoms with Crippen molar-refractivity contribution in [3.8, 4) is 5.75 Å². The quantitative estimate of drug-likeness (QED) is 0.0205. The van der Waals surface area contributed by atoms with Crippen LogP contribution in [0.2, 0.25) is 0 Å². The van der Waals surface area contributed by atoms with Gasteiger partial charge in [-0.25, -0.2) is 4.98 Å². The molecule has 702 valence electrons. The van der Waals surface area contributed by atoms with E-state index in [2.05, 4.69) is 99.7 Å². The highest BCUT2D eigenvalue weighted by Gasteiger charge is 2.40. The van der Waals surface area contributed by atoms with Gasteiger partial charge in [0.15, 0.2) is 0 Å². The van der Waals surface area contributed by atoms with Gasteiger partial charge in [0.2, 0.25) is 94.5 Å². The number of nitrogens with two attached hydrogens (primary N) is 1. The number of hydrogen-bond acceptors (Lipinski definition) is 24. The Morgan fingerprint density at radius 2 is 1.12 bits per heavy atom. The number of rotatable bonds is 31. The molecule has 44 heteroatoms. The molecule has 3 aromatic carbocycles. The van der Waals surface area contributed by atoms with Gasteiger partial charge in [-0.3, -0.25) is 91.3 Å². The fourth-order valence-corrected chi connectivity index (χ4v) is 16.0. The highest BCUT2D eigenvalue weighted by atomic mass is 33.1. The molecule has 4 heterocycles. The number of aromatic hydroxyl groups is 1.